The van der Waals surface area contributed by atoms with Crippen molar-refractivity contribution in [2.24, 2.45) is 0 Å². The molecule has 6 heteroatoms. The third-order valence-electron chi connectivity index (χ3n) is 2.41. The molecule has 2 rings (SSSR count). The molecule has 0 radical (unpaired) electrons. The first-order chi connectivity index (χ1) is 8.97. The zero-order valence-corrected chi connectivity index (χ0v) is 14.9. The van der Waals surface area contributed by atoms with Gasteiger partial charge in [0.05, 0.1) is 11.3 Å². The zero-order valence-electron chi connectivity index (χ0n) is 9.58. The Morgan fingerprint density at radius 3 is 2.58 bits per heavy atom. The summed E-state index contributed by atoms with van der Waals surface area (Å²) < 4.78 is 2.52. The molecule has 0 heterocycles. The van der Waals surface area contributed by atoms with Crippen LogP contribution in [0.1, 0.15) is 10.4 Å². The average molecular weight is 496 g/mol. The molecule has 19 heavy (non-hydrogen) atoms. The van der Waals surface area contributed by atoms with Crippen LogP contribution in [0.5, 0.6) is 0 Å². The fourth-order valence-corrected chi connectivity index (χ4v) is 2.93. The van der Waals surface area contributed by atoms with E-state index in [0.29, 0.717) is 16.9 Å². The van der Waals surface area contributed by atoms with E-state index in [1.54, 1.807) is 24.3 Å². The summed E-state index contributed by atoms with van der Waals surface area (Å²) in [4.78, 5) is 12.2. The fraction of sp³-hybridized carbons (Fsp3) is 0. The van der Waals surface area contributed by atoms with Crippen LogP contribution in [0.15, 0.2) is 45.3 Å². The third-order valence-corrected chi connectivity index (χ3v) is 4.50. The highest BCUT2D eigenvalue weighted by atomic mass is 127. The number of anilines is 2. The normalized spacial score (nSPS) is 10.3. The van der Waals surface area contributed by atoms with Crippen molar-refractivity contribution in [2.75, 3.05) is 11.1 Å². The van der Waals surface area contributed by atoms with Crippen LogP contribution in [-0.4, -0.2) is 5.91 Å². The highest BCUT2D eigenvalue weighted by Crippen LogP contribution is 2.26. The molecule has 3 N–H and O–H groups in total. The molecule has 0 saturated carbocycles. The second-order valence-electron chi connectivity index (χ2n) is 3.82. The van der Waals surface area contributed by atoms with Gasteiger partial charge >= 0.3 is 0 Å². The van der Waals surface area contributed by atoms with Crippen molar-refractivity contribution >= 4 is 71.7 Å². The van der Waals surface area contributed by atoms with Crippen LogP contribution in [0, 0.1) is 3.57 Å². The minimum atomic E-state index is -0.156. The number of nitrogen functional groups attached to an aromatic ring is 1. The first kappa shape index (κ1) is 14.8. The summed E-state index contributed by atoms with van der Waals surface area (Å²) in [6.45, 7) is 0. The summed E-state index contributed by atoms with van der Waals surface area (Å²) in [5.74, 6) is -0.156. The summed E-state index contributed by atoms with van der Waals surface area (Å²) >= 11 is 8.88. The molecule has 0 aromatic heterocycles. The molecule has 0 aliphatic heterocycles. The Kier molecular flexibility index (Phi) is 4.86. The molecular weight excluding hydrogens is 487 g/mol. The van der Waals surface area contributed by atoms with E-state index in [1.165, 1.54) is 0 Å². The van der Waals surface area contributed by atoms with Crippen molar-refractivity contribution in [2.45, 2.75) is 0 Å². The van der Waals surface area contributed by atoms with E-state index in [9.17, 15) is 4.79 Å². The average Bonchev–Trinajstić information content (AvgIpc) is 2.35. The van der Waals surface area contributed by atoms with Crippen LogP contribution in [0.4, 0.5) is 11.4 Å². The van der Waals surface area contributed by atoms with Gasteiger partial charge in [-0.1, -0.05) is 15.9 Å². The van der Waals surface area contributed by atoms with Gasteiger partial charge in [-0.25, -0.2) is 0 Å². The van der Waals surface area contributed by atoms with E-state index < -0.39 is 0 Å². The van der Waals surface area contributed by atoms with Crippen LogP contribution in [0.2, 0.25) is 0 Å². The van der Waals surface area contributed by atoms with Crippen molar-refractivity contribution in [3.8, 4) is 0 Å². The Labute approximate surface area is 141 Å². The van der Waals surface area contributed by atoms with Gasteiger partial charge in [0.15, 0.2) is 0 Å². The SMILES string of the molecule is Nc1ccc(NC(=O)c2cc(Br)ccc2I)c(Br)c1. The molecule has 3 nitrogen and oxygen atoms in total. The smallest absolute Gasteiger partial charge is 0.256 e. The summed E-state index contributed by atoms with van der Waals surface area (Å²) in [5.41, 5.74) is 7.62. The van der Waals surface area contributed by atoms with Gasteiger partial charge in [-0.15, -0.1) is 0 Å². The molecule has 0 fully saturated rings. The number of hydrogen-bond acceptors (Lipinski definition) is 2. The number of hydrogen-bond donors (Lipinski definition) is 2. The minimum absolute atomic E-state index is 0.156. The molecular formula is C13H9Br2IN2O. The summed E-state index contributed by atoms with van der Waals surface area (Å²) in [7, 11) is 0. The lowest BCUT2D eigenvalue weighted by molar-refractivity contribution is 0.102. The lowest BCUT2D eigenvalue weighted by Crippen LogP contribution is -2.13. The molecule has 1 amide bonds. The molecule has 0 spiro atoms. The number of nitrogens with one attached hydrogen (secondary N) is 1. The van der Waals surface area contributed by atoms with E-state index in [0.717, 1.165) is 12.5 Å². The molecule has 2 aromatic rings. The van der Waals surface area contributed by atoms with Crippen molar-refractivity contribution in [3.63, 3.8) is 0 Å². The largest absolute Gasteiger partial charge is 0.399 e. The van der Waals surface area contributed by atoms with Crippen molar-refractivity contribution in [1.29, 1.82) is 0 Å². The monoisotopic (exact) mass is 494 g/mol. The standard InChI is InChI=1S/C13H9Br2IN2O/c14-7-1-3-11(16)9(5-7)13(19)18-12-4-2-8(17)6-10(12)15/h1-6H,17H2,(H,18,19). The second-order valence-corrected chi connectivity index (χ2v) is 6.75. The van der Waals surface area contributed by atoms with Crippen LogP contribution in [0.3, 0.4) is 0 Å². The van der Waals surface area contributed by atoms with Crippen LogP contribution in [-0.2, 0) is 0 Å². The number of halogens is 3. The predicted octanol–water partition coefficient (Wildman–Crippen LogP) is 4.65. The highest BCUT2D eigenvalue weighted by molar-refractivity contribution is 14.1. The fourth-order valence-electron chi connectivity index (χ4n) is 1.49. The topological polar surface area (TPSA) is 55.1 Å². The molecule has 0 saturated heterocycles. The Morgan fingerprint density at radius 1 is 1.16 bits per heavy atom. The van der Waals surface area contributed by atoms with E-state index >= 15 is 0 Å². The second kappa shape index (κ2) is 6.23. The van der Waals surface area contributed by atoms with Crippen molar-refractivity contribution in [3.05, 3.63) is 54.5 Å². The number of carbonyl (C=O) groups excluding carboxylic acids is 1. The van der Waals surface area contributed by atoms with Crippen LogP contribution >= 0.6 is 54.5 Å². The van der Waals surface area contributed by atoms with Gasteiger partial charge in [0, 0.05) is 18.2 Å². The van der Waals surface area contributed by atoms with Crippen LogP contribution in [0.25, 0.3) is 0 Å². The van der Waals surface area contributed by atoms with E-state index in [1.807, 2.05) is 12.1 Å². The minimum Gasteiger partial charge on any atom is -0.399 e. The van der Waals surface area contributed by atoms with E-state index in [2.05, 4.69) is 59.8 Å². The van der Waals surface area contributed by atoms with Gasteiger partial charge in [-0.05, 0) is 74.9 Å². The summed E-state index contributed by atoms with van der Waals surface area (Å²) in [6.07, 6.45) is 0. The Morgan fingerprint density at radius 2 is 1.89 bits per heavy atom. The third kappa shape index (κ3) is 3.70. The number of carbonyl (C=O) groups is 1. The maximum absolute atomic E-state index is 12.2. The first-order valence-corrected chi connectivity index (χ1v) is 7.95. The maximum atomic E-state index is 12.2. The summed E-state index contributed by atoms with van der Waals surface area (Å²) in [5, 5.41) is 2.85. The number of nitrogens with two attached hydrogens (primary N) is 1. The molecule has 98 valence electrons. The molecule has 0 aliphatic carbocycles. The molecule has 0 atom stereocenters. The molecule has 0 aliphatic rings. The Bertz CT molecular complexity index is 647. The first-order valence-electron chi connectivity index (χ1n) is 5.29. The lowest BCUT2D eigenvalue weighted by atomic mass is 10.2. The van der Waals surface area contributed by atoms with E-state index in [-0.39, 0.29) is 5.91 Å². The summed E-state index contributed by atoms with van der Waals surface area (Å²) in [6, 6.07) is 10.8. The highest BCUT2D eigenvalue weighted by Gasteiger charge is 2.12. The lowest BCUT2D eigenvalue weighted by Gasteiger charge is -2.09. The number of rotatable bonds is 2. The van der Waals surface area contributed by atoms with Gasteiger partial charge in [0.2, 0.25) is 0 Å². The molecule has 0 bridgehead atoms. The van der Waals surface area contributed by atoms with Gasteiger partial charge in [-0.2, -0.15) is 0 Å². The van der Waals surface area contributed by atoms with Gasteiger partial charge in [-0.3, -0.25) is 4.79 Å². The molecule has 2 aromatic carbocycles. The maximum Gasteiger partial charge on any atom is 0.256 e. The predicted molar refractivity (Wildman–Crippen MR) is 93.4 cm³/mol. The molecule has 0 unspecified atom stereocenters. The Balaban J connectivity index is 2.28. The Hall–Kier alpha value is -0.600. The van der Waals surface area contributed by atoms with Crippen molar-refractivity contribution < 1.29 is 4.79 Å². The van der Waals surface area contributed by atoms with Crippen molar-refractivity contribution in [1.82, 2.24) is 0 Å². The van der Waals surface area contributed by atoms with Gasteiger partial charge in [0.25, 0.3) is 5.91 Å². The van der Waals surface area contributed by atoms with E-state index in [4.69, 9.17) is 5.73 Å². The quantitative estimate of drug-likeness (QED) is 0.471. The zero-order chi connectivity index (χ0) is 14.0. The number of benzene rings is 2. The number of amides is 1. The van der Waals surface area contributed by atoms with Gasteiger partial charge in [0.1, 0.15) is 0 Å². The van der Waals surface area contributed by atoms with Crippen LogP contribution < -0.4 is 11.1 Å². The van der Waals surface area contributed by atoms with Gasteiger partial charge < -0.3 is 11.1 Å².